The van der Waals surface area contributed by atoms with Crippen molar-refractivity contribution in [2.45, 2.75) is 25.8 Å². The molecule has 0 spiro atoms. The van der Waals surface area contributed by atoms with Crippen LogP contribution in [0.4, 0.5) is 0 Å². The lowest BCUT2D eigenvalue weighted by molar-refractivity contribution is -0.122. The Kier molecular flexibility index (Phi) is 6.54. The van der Waals surface area contributed by atoms with Crippen LogP contribution in [0.25, 0.3) is 0 Å². The van der Waals surface area contributed by atoms with Crippen LogP contribution in [-0.4, -0.2) is 44.0 Å². The van der Waals surface area contributed by atoms with Gasteiger partial charge in [-0.15, -0.1) is 0 Å². The first-order chi connectivity index (χ1) is 6.10. The van der Waals surface area contributed by atoms with Crippen LogP contribution in [0.15, 0.2) is 0 Å². The Morgan fingerprint density at radius 1 is 1.54 bits per heavy atom. The highest BCUT2D eigenvalue weighted by Crippen LogP contribution is 1.94. The van der Waals surface area contributed by atoms with E-state index in [1.54, 1.807) is 0 Å². The van der Waals surface area contributed by atoms with Gasteiger partial charge in [0.05, 0.1) is 6.54 Å². The van der Waals surface area contributed by atoms with Crippen LogP contribution >= 0.6 is 0 Å². The third-order valence-electron chi connectivity index (χ3n) is 1.75. The molecule has 0 radical (unpaired) electrons. The van der Waals surface area contributed by atoms with E-state index in [0.29, 0.717) is 13.1 Å². The molecule has 13 heavy (non-hydrogen) atoms. The van der Waals surface area contributed by atoms with Crippen molar-refractivity contribution in [1.82, 2.24) is 10.2 Å². The van der Waals surface area contributed by atoms with Crippen LogP contribution in [0.2, 0.25) is 0 Å². The summed E-state index contributed by atoms with van der Waals surface area (Å²) in [7, 11) is 3.74. The molecule has 0 heterocycles. The maximum Gasteiger partial charge on any atom is 0.234 e. The largest absolute Gasteiger partial charge is 0.351 e. The maximum absolute atomic E-state index is 11.3. The fraction of sp³-hybridized carbons (Fsp3) is 0.889. The fourth-order valence-electron chi connectivity index (χ4n) is 1.16. The number of hydrogen-bond acceptors (Lipinski definition) is 3. The van der Waals surface area contributed by atoms with Gasteiger partial charge in [0, 0.05) is 12.6 Å². The van der Waals surface area contributed by atoms with Gasteiger partial charge in [0.1, 0.15) is 0 Å². The predicted molar refractivity (Wildman–Crippen MR) is 54.4 cm³/mol. The van der Waals surface area contributed by atoms with Crippen molar-refractivity contribution in [3.63, 3.8) is 0 Å². The number of nitrogens with one attached hydrogen (secondary N) is 1. The summed E-state index contributed by atoms with van der Waals surface area (Å²) in [6.07, 6.45) is 2.00. The highest BCUT2D eigenvalue weighted by molar-refractivity contribution is 5.78. The Bertz CT molecular complexity index is 148. The topological polar surface area (TPSA) is 58.4 Å². The Labute approximate surface area is 80.5 Å². The Morgan fingerprint density at radius 3 is 2.54 bits per heavy atom. The summed E-state index contributed by atoms with van der Waals surface area (Å²) in [5.41, 5.74) is 5.51. The zero-order valence-corrected chi connectivity index (χ0v) is 8.84. The number of rotatable bonds is 6. The summed E-state index contributed by atoms with van der Waals surface area (Å²) < 4.78 is 0. The van der Waals surface area contributed by atoms with Crippen molar-refractivity contribution in [2.75, 3.05) is 27.2 Å². The molecular formula is C9H21N3O. The van der Waals surface area contributed by atoms with Crippen molar-refractivity contribution in [1.29, 1.82) is 0 Å². The van der Waals surface area contributed by atoms with Gasteiger partial charge in [-0.25, -0.2) is 0 Å². The Balaban J connectivity index is 3.73. The minimum Gasteiger partial charge on any atom is -0.351 e. The monoisotopic (exact) mass is 187 g/mol. The Morgan fingerprint density at radius 2 is 2.15 bits per heavy atom. The molecule has 0 aliphatic heterocycles. The SMILES string of the molecule is CCCC(CN)NC(=O)CN(C)C. The number of nitrogens with zero attached hydrogens (tertiary/aromatic N) is 1. The van der Waals surface area contributed by atoms with Gasteiger partial charge in [-0.2, -0.15) is 0 Å². The van der Waals surface area contributed by atoms with Crippen LogP contribution in [-0.2, 0) is 4.79 Å². The molecule has 0 aliphatic rings. The van der Waals surface area contributed by atoms with Crippen molar-refractivity contribution in [3.05, 3.63) is 0 Å². The average molecular weight is 187 g/mol. The molecule has 0 bridgehead atoms. The van der Waals surface area contributed by atoms with Crippen LogP contribution in [0.5, 0.6) is 0 Å². The highest BCUT2D eigenvalue weighted by atomic mass is 16.2. The number of carbonyl (C=O) groups is 1. The quantitative estimate of drug-likeness (QED) is 0.605. The Hall–Kier alpha value is -0.610. The molecule has 4 heteroatoms. The number of hydrogen-bond donors (Lipinski definition) is 2. The van der Waals surface area contributed by atoms with E-state index in [4.69, 9.17) is 5.73 Å². The van der Waals surface area contributed by atoms with E-state index >= 15 is 0 Å². The molecule has 0 aromatic heterocycles. The van der Waals surface area contributed by atoms with Crippen LogP contribution in [0.3, 0.4) is 0 Å². The smallest absolute Gasteiger partial charge is 0.234 e. The third-order valence-corrected chi connectivity index (χ3v) is 1.75. The first-order valence-electron chi connectivity index (χ1n) is 4.74. The van der Waals surface area contributed by atoms with Gasteiger partial charge in [-0.1, -0.05) is 13.3 Å². The molecule has 0 saturated heterocycles. The predicted octanol–water partition coefficient (Wildman–Crippen LogP) is -0.208. The lowest BCUT2D eigenvalue weighted by Gasteiger charge is -2.17. The summed E-state index contributed by atoms with van der Waals surface area (Å²) in [6.45, 7) is 3.04. The van der Waals surface area contributed by atoms with Gasteiger partial charge in [-0.05, 0) is 20.5 Å². The fourth-order valence-corrected chi connectivity index (χ4v) is 1.16. The molecule has 1 unspecified atom stereocenters. The molecule has 0 aromatic carbocycles. The molecule has 3 N–H and O–H groups in total. The van der Waals surface area contributed by atoms with Crippen molar-refractivity contribution < 1.29 is 4.79 Å². The molecule has 78 valence electrons. The van der Waals surface area contributed by atoms with Gasteiger partial charge in [0.25, 0.3) is 0 Å². The van der Waals surface area contributed by atoms with Crippen molar-refractivity contribution >= 4 is 5.91 Å². The van der Waals surface area contributed by atoms with Gasteiger partial charge in [-0.3, -0.25) is 4.79 Å². The molecule has 0 aliphatic carbocycles. The number of nitrogens with two attached hydrogens (primary N) is 1. The third kappa shape index (κ3) is 6.54. The van der Waals surface area contributed by atoms with E-state index in [1.165, 1.54) is 0 Å². The van der Waals surface area contributed by atoms with E-state index in [9.17, 15) is 4.79 Å². The zero-order valence-electron chi connectivity index (χ0n) is 8.84. The van der Waals surface area contributed by atoms with E-state index in [0.717, 1.165) is 12.8 Å². The summed E-state index contributed by atoms with van der Waals surface area (Å²) >= 11 is 0. The minimum absolute atomic E-state index is 0.0499. The van der Waals surface area contributed by atoms with Gasteiger partial charge in [0.2, 0.25) is 5.91 Å². The molecule has 0 saturated carbocycles. The number of amides is 1. The second kappa shape index (κ2) is 6.86. The average Bonchev–Trinajstić information content (AvgIpc) is 2.02. The van der Waals surface area contributed by atoms with E-state index in [2.05, 4.69) is 12.2 Å². The van der Waals surface area contributed by atoms with Crippen LogP contribution in [0.1, 0.15) is 19.8 Å². The van der Waals surface area contributed by atoms with Crippen LogP contribution < -0.4 is 11.1 Å². The second-order valence-electron chi connectivity index (χ2n) is 3.53. The number of carbonyl (C=O) groups excluding carboxylic acids is 1. The second-order valence-corrected chi connectivity index (χ2v) is 3.53. The van der Waals surface area contributed by atoms with Crippen molar-refractivity contribution in [2.24, 2.45) is 5.73 Å². The molecule has 1 amide bonds. The first-order valence-corrected chi connectivity index (χ1v) is 4.74. The maximum atomic E-state index is 11.3. The summed E-state index contributed by atoms with van der Waals surface area (Å²) in [4.78, 5) is 13.1. The summed E-state index contributed by atoms with van der Waals surface area (Å²) in [6, 6.07) is 0.137. The van der Waals surface area contributed by atoms with Gasteiger partial charge in [0.15, 0.2) is 0 Å². The lowest BCUT2D eigenvalue weighted by atomic mass is 10.1. The standard InChI is InChI=1S/C9H21N3O/c1-4-5-8(6-10)11-9(13)7-12(2)3/h8H,4-7,10H2,1-3H3,(H,11,13). The normalized spacial score (nSPS) is 13.0. The minimum atomic E-state index is 0.0499. The summed E-state index contributed by atoms with van der Waals surface area (Å²) in [5.74, 6) is 0.0499. The van der Waals surface area contributed by atoms with E-state index in [1.807, 2.05) is 19.0 Å². The van der Waals surface area contributed by atoms with E-state index < -0.39 is 0 Å². The van der Waals surface area contributed by atoms with Crippen molar-refractivity contribution in [3.8, 4) is 0 Å². The highest BCUT2D eigenvalue weighted by Gasteiger charge is 2.09. The van der Waals surface area contributed by atoms with Crippen LogP contribution in [0, 0.1) is 0 Å². The van der Waals surface area contributed by atoms with E-state index in [-0.39, 0.29) is 11.9 Å². The number of likely N-dealkylation sites (N-methyl/N-ethyl adjacent to an activating group) is 1. The first kappa shape index (κ1) is 12.4. The van der Waals surface area contributed by atoms with Gasteiger partial charge >= 0.3 is 0 Å². The molecule has 0 rings (SSSR count). The molecule has 4 nitrogen and oxygen atoms in total. The molecule has 0 fully saturated rings. The summed E-state index contributed by atoms with van der Waals surface area (Å²) in [5, 5.41) is 2.89. The molecule has 0 aromatic rings. The molecule has 1 atom stereocenters. The van der Waals surface area contributed by atoms with Gasteiger partial charge < -0.3 is 16.0 Å². The zero-order chi connectivity index (χ0) is 10.3. The molecular weight excluding hydrogens is 166 g/mol. The lowest BCUT2D eigenvalue weighted by Crippen LogP contribution is -2.43.